The summed E-state index contributed by atoms with van der Waals surface area (Å²) in [6.45, 7) is 0.546. The number of rotatable bonds is 5. The zero-order chi connectivity index (χ0) is 19.8. The molecule has 3 heterocycles. The minimum Gasteiger partial charge on any atom is -0.484 e. The molecule has 0 radical (unpaired) electrons. The number of aryl methyl sites for hydroxylation is 1. The van der Waals surface area contributed by atoms with Gasteiger partial charge in [0.2, 0.25) is 5.13 Å². The van der Waals surface area contributed by atoms with Crippen LogP contribution in [0.5, 0.6) is 5.75 Å². The van der Waals surface area contributed by atoms with Crippen molar-refractivity contribution in [2.75, 3.05) is 18.5 Å². The lowest BCUT2D eigenvalue weighted by Gasteiger charge is -2.08. The van der Waals surface area contributed by atoms with E-state index in [2.05, 4.69) is 15.5 Å². The van der Waals surface area contributed by atoms with Gasteiger partial charge in [0.15, 0.2) is 6.61 Å². The van der Waals surface area contributed by atoms with Crippen LogP contribution in [0.3, 0.4) is 0 Å². The predicted octanol–water partition coefficient (Wildman–Crippen LogP) is 3.00. The first-order valence-electron chi connectivity index (χ1n) is 9.63. The summed E-state index contributed by atoms with van der Waals surface area (Å²) < 4.78 is 16.6. The Hall–Kier alpha value is -2.78. The monoisotopic (exact) mass is 413 g/mol. The van der Waals surface area contributed by atoms with Crippen LogP contribution in [0.25, 0.3) is 11.0 Å². The molecule has 1 aromatic carbocycles. The van der Waals surface area contributed by atoms with Crippen molar-refractivity contribution in [1.29, 1.82) is 0 Å². The molecule has 2 aliphatic rings. The highest BCUT2D eigenvalue weighted by Crippen LogP contribution is 2.32. The fraction of sp³-hybridized carbons (Fsp3) is 0.400. The zero-order valence-electron chi connectivity index (χ0n) is 15.6. The average molecular weight is 413 g/mol. The number of fused-ring (bicyclic) bond motifs is 3. The molecular weight excluding hydrogens is 394 g/mol. The van der Waals surface area contributed by atoms with Gasteiger partial charge in [0.25, 0.3) is 5.91 Å². The standard InChI is InChI=1S/C20H19N3O5S/c24-17(21-20-23-22-18(29-20)15-5-2-8-26-15)10-27-11-6-7-13-12-3-1-4-14(12)19(25)28-16(13)9-11/h6-7,9,15H,1-5,8,10H2,(H,21,23,24). The molecule has 0 saturated carbocycles. The Morgan fingerprint density at radius 2 is 2.14 bits per heavy atom. The molecule has 1 saturated heterocycles. The lowest BCUT2D eigenvalue weighted by atomic mass is 10.1. The maximum atomic E-state index is 12.2. The largest absolute Gasteiger partial charge is 0.484 e. The van der Waals surface area contributed by atoms with Crippen LogP contribution in [0.1, 0.15) is 41.5 Å². The number of hydrogen-bond donors (Lipinski definition) is 1. The van der Waals surface area contributed by atoms with Gasteiger partial charge in [0, 0.05) is 23.6 Å². The SMILES string of the molecule is O=C(COc1ccc2c3c(c(=O)oc2c1)CCC3)Nc1nnc(C2CCCO2)s1. The lowest BCUT2D eigenvalue weighted by molar-refractivity contribution is -0.118. The first kappa shape index (κ1) is 18.3. The molecule has 1 aliphatic heterocycles. The summed E-state index contributed by atoms with van der Waals surface area (Å²) in [6.07, 6.45) is 4.53. The molecule has 0 spiro atoms. The summed E-state index contributed by atoms with van der Waals surface area (Å²) >= 11 is 1.31. The third kappa shape index (κ3) is 3.63. The Balaban J connectivity index is 1.24. The van der Waals surface area contributed by atoms with Crippen molar-refractivity contribution in [2.45, 2.75) is 38.2 Å². The third-order valence-electron chi connectivity index (χ3n) is 5.21. The Labute approximate surface area is 169 Å². The minimum atomic E-state index is -0.337. The highest BCUT2D eigenvalue weighted by Gasteiger charge is 2.23. The average Bonchev–Trinajstić information content (AvgIpc) is 3.46. The maximum absolute atomic E-state index is 12.2. The lowest BCUT2D eigenvalue weighted by Crippen LogP contribution is -2.20. The quantitative estimate of drug-likeness (QED) is 0.641. The van der Waals surface area contributed by atoms with Crippen LogP contribution in [0.15, 0.2) is 27.4 Å². The van der Waals surface area contributed by atoms with Crippen LogP contribution < -0.4 is 15.7 Å². The number of amides is 1. The minimum absolute atomic E-state index is 0.0249. The van der Waals surface area contributed by atoms with E-state index >= 15 is 0 Å². The van der Waals surface area contributed by atoms with Gasteiger partial charge >= 0.3 is 5.63 Å². The highest BCUT2D eigenvalue weighted by atomic mass is 32.1. The highest BCUT2D eigenvalue weighted by molar-refractivity contribution is 7.15. The van der Waals surface area contributed by atoms with Crippen molar-refractivity contribution in [3.05, 3.63) is 44.8 Å². The van der Waals surface area contributed by atoms with Crippen LogP contribution in [0, 0.1) is 0 Å². The number of nitrogens with zero attached hydrogens (tertiary/aromatic N) is 2. The van der Waals surface area contributed by atoms with Crippen LogP contribution in [0.2, 0.25) is 0 Å². The summed E-state index contributed by atoms with van der Waals surface area (Å²) in [5.41, 5.74) is 2.06. The van der Waals surface area contributed by atoms with Gasteiger partial charge in [-0.15, -0.1) is 10.2 Å². The van der Waals surface area contributed by atoms with Crippen molar-refractivity contribution in [2.24, 2.45) is 0 Å². The molecule has 1 N–H and O–H groups in total. The van der Waals surface area contributed by atoms with E-state index in [1.807, 2.05) is 6.07 Å². The molecular formula is C20H19N3O5S. The molecule has 5 rings (SSSR count). The molecule has 1 amide bonds. The summed E-state index contributed by atoms with van der Waals surface area (Å²) in [4.78, 5) is 24.3. The van der Waals surface area contributed by atoms with E-state index < -0.39 is 0 Å². The van der Waals surface area contributed by atoms with E-state index in [0.717, 1.165) is 60.2 Å². The molecule has 150 valence electrons. The molecule has 2 aromatic heterocycles. The fourth-order valence-electron chi connectivity index (χ4n) is 3.85. The second-order valence-corrected chi connectivity index (χ2v) is 8.15. The number of carbonyl (C=O) groups excluding carboxylic acids is 1. The van der Waals surface area contributed by atoms with E-state index in [-0.39, 0.29) is 24.2 Å². The number of hydrogen-bond acceptors (Lipinski definition) is 8. The maximum Gasteiger partial charge on any atom is 0.339 e. The van der Waals surface area contributed by atoms with Gasteiger partial charge in [-0.1, -0.05) is 11.3 Å². The smallest absolute Gasteiger partial charge is 0.339 e. The summed E-state index contributed by atoms with van der Waals surface area (Å²) in [5, 5.41) is 12.9. The van der Waals surface area contributed by atoms with E-state index in [1.165, 1.54) is 11.3 Å². The van der Waals surface area contributed by atoms with Crippen LogP contribution in [-0.2, 0) is 22.4 Å². The van der Waals surface area contributed by atoms with E-state index in [4.69, 9.17) is 13.9 Å². The Morgan fingerprint density at radius 3 is 3.00 bits per heavy atom. The van der Waals surface area contributed by atoms with Gasteiger partial charge in [0.1, 0.15) is 22.4 Å². The van der Waals surface area contributed by atoms with Gasteiger partial charge in [-0.2, -0.15) is 0 Å². The van der Waals surface area contributed by atoms with Crippen molar-refractivity contribution in [3.8, 4) is 5.75 Å². The van der Waals surface area contributed by atoms with Crippen LogP contribution >= 0.6 is 11.3 Å². The normalized spacial score (nSPS) is 18.1. The van der Waals surface area contributed by atoms with Crippen molar-refractivity contribution >= 4 is 33.3 Å². The van der Waals surface area contributed by atoms with Gasteiger partial charge in [-0.3, -0.25) is 10.1 Å². The zero-order valence-corrected chi connectivity index (χ0v) is 16.4. The summed E-state index contributed by atoms with van der Waals surface area (Å²) in [7, 11) is 0. The summed E-state index contributed by atoms with van der Waals surface area (Å²) in [6, 6.07) is 5.33. The van der Waals surface area contributed by atoms with Gasteiger partial charge in [-0.05, 0) is 49.8 Å². The van der Waals surface area contributed by atoms with Crippen molar-refractivity contribution < 1.29 is 18.7 Å². The van der Waals surface area contributed by atoms with Crippen molar-refractivity contribution in [3.63, 3.8) is 0 Å². The molecule has 8 nitrogen and oxygen atoms in total. The summed E-state index contributed by atoms with van der Waals surface area (Å²) in [5.74, 6) is 0.126. The predicted molar refractivity (Wildman–Crippen MR) is 106 cm³/mol. The molecule has 9 heteroatoms. The van der Waals surface area contributed by atoms with E-state index in [9.17, 15) is 9.59 Å². The second kappa shape index (κ2) is 7.57. The first-order valence-corrected chi connectivity index (χ1v) is 10.5. The fourth-order valence-corrected chi connectivity index (χ4v) is 4.69. The topological polar surface area (TPSA) is 104 Å². The second-order valence-electron chi connectivity index (χ2n) is 7.14. The van der Waals surface area contributed by atoms with Gasteiger partial charge in [-0.25, -0.2) is 4.79 Å². The Kier molecular flexibility index (Phi) is 4.76. The van der Waals surface area contributed by atoms with Crippen LogP contribution in [0.4, 0.5) is 5.13 Å². The van der Waals surface area contributed by atoms with Gasteiger partial charge < -0.3 is 13.9 Å². The molecule has 1 aliphatic carbocycles. The first-order chi connectivity index (χ1) is 14.2. The van der Waals surface area contributed by atoms with Crippen molar-refractivity contribution in [1.82, 2.24) is 10.2 Å². The number of nitrogens with one attached hydrogen (secondary N) is 1. The van der Waals surface area contributed by atoms with Gasteiger partial charge in [0.05, 0.1) is 0 Å². The number of carbonyl (C=O) groups is 1. The molecule has 29 heavy (non-hydrogen) atoms. The molecule has 0 bridgehead atoms. The van der Waals surface area contributed by atoms with E-state index in [1.54, 1.807) is 12.1 Å². The Bertz CT molecular complexity index is 1130. The molecule has 3 aromatic rings. The van der Waals surface area contributed by atoms with E-state index in [0.29, 0.717) is 16.5 Å². The third-order valence-corrected chi connectivity index (χ3v) is 6.14. The number of aromatic nitrogens is 2. The van der Waals surface area contributed by atoms with Crippen LogP contribution in [-0.4, -0.2) is 29.3 Å². The number of benzene rings is 1. The Morgan fingerprint density at radius 1 is 1.24 bits per heavy atom. The molecule has 1 unspecified atom stereocenters. The molecule has 1 fully saturated rings. The number of anilines is 1. The molecule has 1 atom stereocenters. The number of ether oxygens (including phenoxy) is 2.